The van der Waals surface area contributed by atoms with Crippen LogP contribution in [0.1, 0.15) is 19.8 Å². The van der Waals surface area contributed by atoms with E-state index in [1.807, 2.05) is 0 Å². The Labute approximate surface area is 72.9 Å². The summed E-state index contributed by atoms with van der Waals surface area (Å²) in [5.41, 5.74) is 0. The van der Waals surface area contributed by atoms with Crippen LogP contribution in [-0.2, 0) is 9.53 Å². The van der Waals surface area contributed by atoms with Gasteiger partial charge in [0, 0.05) is 13.5 Å². The molecule has 0 saturated carbocycles. The second kappa shape index (κ2) is 5.38. The summed E-state index contributed by atoms with van der Waals surface area (Å²) in [5, 5.41) is 3.16. The third-order valence-corrected chi connectivity index (χ3v) is 1.58. The van der Waals surface area contributed by atoms with Gasteiger partial charge in [0.15, 0.2) is 0 Å². The molecule has 1 fully saturated rings. The largest absolute Gasteiger partial charge is 0.461 e. The van der Waals surface area contributed by atoms with Gasteiger partial charge in [-0.1, -0.05) is 0 Å². The van der Waals surface area contributed by atoms with E-state index in [0.717, 1.165) is 25.9 Å². The molecule has 1 aliphatic heterocycles. The van der Waals surface area contributed by atoms with Crippen LogP contribution in [-0.4, -0.2) is 25.2 Å². The standard InChI is InChI=1S/C7H13NO2.ClH/c1-6(9)10-7-3-2-4-8-5-7;/h7-8H,2-5H2,1H3;1H. The van der Waals surface area contributed by atoms with Crippen LogP contribution < -0.4 is 5.32 Å². The van der Waals surface area contributed by atoms with Crippen LogP contribution in [0.3, 0.4) is 0 Å². The molecule has 1 N–H and O–H groups in total. The molecule has 0 aromatic carbocycles. The number of esters is 1. The van der Waals surface area contributed by atoms with Gasteiger partial charge in [-0.3, -0.25) is 4.79 Å². The Kier molecular flexibility index (Phi) is 5.24. The molecule has 4 heteroatoms. The van der Waals surface area contributed by atoms with Crippen LogP contribution in [0.15, 0.2) is 0 Å². The van der Waals surface area contributed by atoms with Gasteiger partial charge in [0.1, 0.15) is 6.10 Å². The van der Waals surface area contributed by atoms with E-state index in [0.29, 0.717) is 0 Å². The Morgan fingerprint density at radius 3 is 2.82 bits per heavy atom. The summed E-state index contributed by atoms with van der Waals surface area (Å²) in [6, 6.07) is 0. The van der Waals surface area contributed by atoms with E-state index in [2.05, 4.69) is 5.32 Å². The van der Waals surface area contributed by atoms with Gasteiger partial charge in [-0.25, -0.2) is 0 Å². The van der Waals surface area contributed by atoms with Crippen molar-refractivity contribution >= 4 is 18.4 Å². The zero-order chi connectivity index (χ0) is 7.40. The predicted molar refractivity (Wildman–Crippen MR) is 44.9 cm³/mol. The molecule has 1 rings (SSSR count). The highest BCUT2D eigenvalue weighted by Crippen LogP contribution is 2.05. The molecule has 0 aliphatic carbocycles. The van der Waals surface area contributed by atoms with Crippen molar-refractivity contribution in [2.75, 3.05) is 13.1 Å². The maximum absolute atomic E-state index is 10.5. The predicted octanol–water partition coefficient (Wildman–Crippen LogP) is 0.723. The quantitative estimate of drug-likeness (QED) is 0.603. The van der Waals surface area contributed by atoms with E-state index in [9.17, 15) is 4.79 Å². The lowest BCUT2D eigenvalue weighted by molar-refractivity contribution is -0.146. The van der Waals surface area contributed by atoms with Crippen LogP contribution in [0, 0.1) is 0 Å². The molecule has 1 saturated heterocycles. The number of hydrogen-bond acceptors (Lipinski definition) is 3. The fourth-order valence-electron chi connectivity index (χ4n) is 1.16. The van der Waals surface area contributed by atoms with Gasteiger partial charge < -0.3 is 10.1 Å². The van der Waals surface area contributed by atoms with Crippen molar-refractivity contribution in [2.24, 2.45) is 0 Å². The van der Waals surface area contributed by atoms with E-state index in [4.69, 9.17) is 4.74 Å². The zero-order valence-electron chi connectivity index (χ0n) is 6.63. The number of hydrogen-bond donors (Lipinski definition) is 1. The third kappa shape index (κ3) is 4.22. The van der Waals surface area contributed by atoms with Crippen molar-refractivity contribution in [1.82, 2.24) is 5.32 Å². The highest BCUT2D eigenvalue weighted by Gasteiger charge is 2.14. The molecule has 0 radical (unpaired) electrons. The van der Waals surface area contributed by atoms with Gasteiger partial charge in [0.25, 0.3) is 0 Å². The Morgan fingerprint density at radius 2 is 2.36 bits per heavy atom. The first-order valence-electron chi connectivity index (χ1n) is 3.67. The summed E-state index contributed by atoms with van der Waals surface area (Å²) < 4.78 is 4.99. The van der Waals surface area contributed by atoms with E-state index in [1.165, 1.54) is 6.92 Å². The molecule has 1 unspecified atom stereocenters. The van der Waals surface area contributed by atoms with Gasteiger partial charge in [-0.05, 0) is 19.4 Å². The normalized spacial score (nSPS) is 23.5. The monoisotopic (exact) mass is 179 g/mol. The molecular formula is C7H14ClNO2. The highest BCUT2D eigenvalue weighted by atomic mass is 35.5. The average molecular weight is 180 g/mol. The molecule has 1 heterocycles. The number of nitrogens with one attached hydrogen (secondary N) is 1. The lowest BCUT2D eigenvalue weighted by Gasteiger charge is -2.21. The number of rotatable bonds is 1. The van der Waals surface area contributed by atoms with Crippen LogP contribution >= 0.6 is 12.4 Å². The molecular weight excluding hydrogens is 166 g/mol. The van der Waals surface area contributed by atoms with Gasteiger partial charge in [0.05, 0.1) is 0 Å². The van der Waals surface area contributed by atoms with Gasteiger partial charge in [0.2, 0.25) is 0 Å². The minimum atomic E-state index is -0.172. The number of halogens is 1. The molecule has 0 spiro atoms. The van der Waals surface area contributed by atoms with Crippen LogP contribution in [0.25, 0.3) is 0 Å². The topological polar surface area (TPSA) is 38.3 Å². The zero-order valence-corrected chi connectivity index (χ0v) is 7.45. The maximum atomic E-state index is 10.5. The van der Waals surface area contributed by atoms with E-state index >= 15 is 0 Å². The lowest BCUT2D eigenvalue weighted by atomic mass is 10.1. The molecule has 66 valence electrons. The molecule has 3 nitrogen and oxygen atoms in total. The summed E-state index contributed by atoms with van der Waals surface area (Å²) in [4.78, 5) is 10.5. The van der Waals surface area contributed by atoms with Gasteiger partial charge >= 0.3 is 5.97 Å². The summed E-state index contributed by atoms with van der Waals surface area (Å²) in [6.07, 6.45) is 2.23. The highest BCUT2D eigenvalue weighted by molar-refractivity contribution is 5.85. The van der Waals surface area contributed by atoms with E-state index in [-0.39, 0.29) is 24.5 Å². The van der Waals surface area contributed by atoms with Crippen molar-refractivity contribution in [2.45, 2.75) is 25.9 Å². The molecule has 0 aromatic heterocycles. The van der Waals surface area contributed by atoms with Gasteiger partial charge in [-0.15, -0.1) is 12.4 Å². The van der Waals surface area contributed by atoms with Crippen molar-refractivity contribution in [3.8, 4) is 0 Å². The Bertz CT molecular complexity index is 124. The van der Waals surface area contributed by atoms with E-state index in [1.54, 1.807) is 0 Å². The number of piperidine rings is 1. The molecule has 0 amide bonds. The van der Waals surface area contributed by atoms with Crippen LogP contribution in [0.2, 0.25) is 0 Å². The van der Waals surface area contributed by atoms with Crippen molar-refractivity contribution in [3.05, 3.63) is 0 Å². The first-order valence-corrected chi connectivity index (χ1v) is 3.67. The Morgan fingerprint density at radius 1 is 1.64 bits per heavy atom. The Balaban J connectivity index is 0.000001000. The average Bonchev–Trinajstić information content (AvgIpc) is 1.88. The van der Waals surface area contributed by atoms with Crippen LogP contribution in [0.5, 0.6) is 0 Å². The number of carbonyl (C=O) groups is 1. The molecule has 0 bridgehead atoms. The summed E-state index contributed by atoms with van der Waals surface area (Å²) in [5.74, 6) is -0.172. The molecule has 1 atom stereocenters. The second-order valence-electron chi connectivity index (χ2n) is 2.58. The van der Waals surface area contributed by atoms with Gasteiger partial charge in [-0.2, -0.15) is 0 Å². The van der Waals surface area contributed by atoms with Crippen molar-refractivity contribution in [3.63, 3.8) is 0 Å². The first kappa shape index (κ1) is 10.7. The lowest BCUT2D eigenvalue weighted by Crippen LogP contribution is -2.36. The summed E-state index contributed by atoms with van der Waals surface area (Å²) in [7, 11) is 0. The first-order chi connectivity index (χ1) is 4.79. The minimum Gasteiger partial charge on any atom is -0.461 e. The fraction of sp³-hybridized carbons (Fsp3) is 0.857. The Hall–Kier alpha value is -0.280. The number of ether oxygens (including phenoxy) is 1. The maximum Gasteiger partial charge on any atom is 0.302 e. The number of carbonyl (C=O) groups excluding carboxylic acids is 1. The second-order valence-corrected chi connectivity index (χ2v) is 2.58. The smallest absolute Gasteiger partial charge is 0.302 e. The molecule has 1 aliphatic rings. The SMILES string of the molecule is CC(=O)OC1CCCNC1.Cl. The minimum absolute atomic E-state index is 0. The molecule has 0 aromatic rings. The third-order valence-electron chi connectivity index (χ3n) is 1.58. The summed E-state index contributed by atoms with van der Waals surface area (Å²) in [6.45, 7) is 3.33. The van der Waals surface area contributed by atoms with Crippen molar-refractivity contribution < 1.29 is 9.53 Å². The summed E-state index contributed by atoms with van der Waals surface area (Å²) >= 11 is 0. The van der Waals surface area contributed by atoms with Crippen LogP contribution in [0.4, 0.5) is 0 Å². The van der Waals surface area contributed by atoms with Crippen molar-refractivity contribution in [1.29, 1.82) is 0 Å². The fourth-order valence-corrected chi connectivity index (χ4v) is 1.16. The molecule has 11 heavy (non-hydrogen) atoms. The van der Waals surface area contributed by atoms with E-state index < -0.39 is 0 Å².